The number of nitrogens with zero attached hydrogens (tertiary/aromatic N) is 3. The van der Waals surface area contributed by atoms with Gasteiger partial charge < -0.3 is 19.9 Å². The lowest BCUT2D eigenvalue weighted by Crippen LogP contribution is -2.37. The molecule has 0 aliphatic heterocycles. The van der Waals surface area contributed by atoms with Crippen LogP contribution < -0.4 is 15.4 Å². The van der Waals surface area contributed by atoms with E-state index in [0.717, 1.165) is 17.9 Å². The van der Waals surface area contributed by atoms with Crippen molar-refractivity contribution in [1.29, 1.82) is 0 Å². The Hall–Kier alpha value is -1.84. The van der Waals surface area contributed by atoms with Crippen molar-refractivity contribution >= 4 is 29.9 Å². The van der Waals surface area contributed by atoms with Crippen molar-refractivity contribution in [1.82, 2.24) is 20.8 Å². The summed E-state index contributed by atoms with van der Waals surface area (Å²) in [4.78, 5) is 8.67. The Bertz CT molecular complexity index is 613. The molecular formula is C15H22IN5O2. The second kappa shape index (κ2) is 10.0. The molecule has 8 heteroatoms. The smallest absolute Gasteiger partial charge is 0.223 e. The van der Waals surface area contributed by atoms with E-state index in [-0.39, 0.29) is 24.0 Å². The maximum absolute atomic E-state index is 5.14. The van der Waals surface area contributed by atoms with Crippen molar-refractivity contribution in [2.24, 2.45) is 4.99 Å². The van der Waals surface area contributed by atoms with Crippen LogP contribution in [-0.2, 0) is 13.1 Å². The maximum Gasteiger partial charge on any atom is 0.223 e. The van der Waals surface area contributed by atoms with Gasteiger partial charge in [0, 0.05) is 13.5 Å². The maximum atomic E-state index is 5.14. The summed E-state index contributed by atoms with van der Waals surface area (Å²) in [5, 5.41) is 10.2. The molecule has 0 unspecified atom stereocenters. The Kier molecular flexibility index (Phi) is 8.38. The highest BCUT2D eigenvalue weighted by Gasteiger charge is 2.03. The van der Waals surface area contributed by atoms with Crippen LogP contribution in [0, 0.1) is 6.92 Å². The molecule has 0 saturated carbocycles. The number of rotatable bonds is 6. The number of aryl methyl sites for hydroxylation is 1. The number of hydrogen-bond donors (Lipinski definition) is 2. The molecule has 1 aromatic heterocycles. The van der Waals surface area contributed by atoms with Crippen LogP contribution in [0.25, 0.3) is 0 Å². The van der Waals surface area contributed by atoms with Crippen LogP contribution in [0.5, 0.6) is 5.75 Å². The number of methoxy groups -OCH3 is 1. The first-order chi connectivity index (χ1) is 10.7. The summed E-state index contributed by atoms with van der Waals surface area (Å²) < 4.78 is 10.1. The van der Waals surface area contributed by atoms with Crippen molar-refractivity contribution in [2.75, 3.05) is 13.7 Å². The quantitative estimate of drug-likeness (QED) is 0.415. The zero-order valence-corrected chi connectivity index (χ0v) is 15.8. The first-order valence-electron chi connectivity index (χ1n) is 7.15. The molecule has 126 valence electrons. The molecule has 0 radical (unpaired) electrons. The average molecular weight is 431 g/mol. The van der Waals surface area contributed by atoms with E-state index >= 15 is 0 Å². The Balaban J connectivity index is 0.00000264. The molecule has 0 amide bonds. The van der Waals surface area contributed by atoms with Crippen LogP contribution >= 0.6 is 24.0 Å². The van der Waals surface area contributed by atoms with Crippen LogP contribution in [0.4, 0.5) is 0 Å². The monoisotopic (exact) mass is 431 g/mol. The summed E-state index contributed by atoms with van der Waals surface area (Å²) in [5.74, 6) is 2.70. The number of halogens is 1. The van der Waals surface area contributed by atoms with E-state index in [2.05, 4.69) is 25.8 Å². The van der Waals surface area contributed by atoms with Gasteiger partial charge in [0.05, 0.1) is 20.2 Å². The molecule has 0 fully saturated rings. The summed E-state index contributed by atoms with van der Waals surface area (Å²) in [6.45, 7) is 5.60. The minimum Gasteiger partial charge on any atom is -0.497 e. The first-order valence-corrected chi connectivity index (χ1v) is 7.15. The lowest BCUT2D eigenvalue weighted by atomic mass is 10.2. The summed E-state index contributed by atoms with van der Waals surface area (Å²) in [6, 6.07) is 7.84. The number of benzene rings is 1. The van der Waals surface area contributed by atoms with Crippen LogP contribution in [0.2, 0.25) is 0 Å². The van der Waals surface area contributed by atoms with Crippen molar-refractivity contribution in [3.8, 4) is 5.75 Å². The predicted molar refractivity (Wildman–Crippen MR) is 99.1 cm³/mol. The van der Waals surface area contributed by atoms with Crippen molar-refractivity contribution < 1.29 is 9.26 Å². The SMILES string of the molecule is CCNC(=NCc1ccc(OC)cc1)NCc1noc(C)n1.I. The van der Waals surface area contributed by atoms with E-state index in [9.17, 15) is 0 Å². The molecule has 23 heavy (non-hydrogen) atoms. The van der Waals surface area contributed by atoms with Crippen molar-refractivity contribution in [2.45, 2.75) is 26.9 Å². The van der Waals surface area contributed by atoms with Gasteiger partial charge in [0.2, 0.25) is 5.89 Å². The van der Waals surface area contributed by atoms with Gasteiger partial charge in [-0.25, -0.2) is 4.99 Å². The second-order valence-electron chi connectivity index (χ2n) is 4.63. The van der Waals surface area contributed by atoms with Gasteiger partial charge >= 0.3 is 0 Å². The van der Waals surface area contributed by atoms with Crippen LogP contribution in [0.1, 0.15) is 24.2 Å². The van der Waals surface area contributed by atoms with Gasteiger partial charge in [0.25, 0.3) is 0 Å². The van der Waals surface area contributed by atoms with Crippen molar-refractivity contribution in [3.63, 3.8) is 0 Å². The summed E-state index contributed by atoms with van der Waals surface area (Å²) in [6.07, 6.45) is 0. The van der Waals surface area contributed by atoms with E-state index in [1.54, 1.807) is 14.0 Å². The highest BCUT2D eigenvalue weighted by atomic mass is 127. The van der Waals surface area contributed by atoms with E-state index in [1.807, 2.05) is 31.2 Å². The van der Waals surface area contributed by atoms with Crippen LogP contribution in [0.15, 0.2) is 33.8 Å². The molecule has 2 aromatic rings. The Morgan fingerprint density at radius 3 is 2.57 bits per heavy atom. The number of guanidine groups is 1. The van der Waals surface area contributed by atoms with Gasteiger partial charge in [0.1, 0.15) is 5.75 Å². The van der Waals surface area contributed by atoms with Gasteiger partial charge in [-0.2, -0.15) is 4.98 Å². The van der Waals surface area contributed by atoms with E-state index in [0.29, 0.717) is 30.8 Å². The molecule has 7 nitrogen and oxygen atoms in total. The molecule has 1 heterocycles. The molecule has 2 rings (SSSR count). The van der Waals surface area contributed by atoms with Gasteiger partial charge in [-0.05, 0) is 24.6 Å². The van der Waals surface area contributed by atoms with Gasteiger partial charge in [-0.15, -0.1) is 24.0 Å². The van der Waals surface area contributed by atoms with Crippen LogP contribution in [0.3, 0.4) is 0 Å². The third kappa shape index (κ3) is 6.43. The van der Waals surface area contributed by atoms with Gasteiger partial charge in [-0.1, -0.05) is 17.3 Å². The Labute approximate surface area is 152 Å². The molecule has 1 aromatic carbocycles. The molecule has 0 atom stereocenters. The lowest BCUT2D eigenvalue weighted by molar-refractivity contribution is 0.387. The Morgan fingerprint density at radius 2 is 2.00 bits per heavy atom. The molecule has 0 saturated heterocycles. The number of hydrogen-bond acceptors (Lipinski definition) is 5. The van der Waals surface area contributed by atoms with Gasteiger partial charge in [0.15, 0.2) is 11.8 Å². The van der Waals surface area contributed by atoms with E-state index in [1.165, 1.54) is 0 Å². The summed E-state index contributed by atoms with van der Waals surface area (Å²) in [5.41, 5.74) is 1.11. The summed E-state index contributed by atoms with van der Waals surface area (Å²) >= 11 is 0. The fourth-order valence-electron chi connectivity index (χ4n) is 1.82. The summed E-state index contributed by atoms with van der Waals surface area (Å²) in [7, 11) is 1.65. The number of nitrogens with one attached hydrogen (secondary N) is 2. The molecule has 0 bridgehead atoms. The minimum atomic E-state index is 0. The number of aromatic nitrogens is 2. The Morgan fingerprint density at radius 1 is 1.26 bits per heavy atom. The third-order valence-corrected chi connectivity index (χ3v) is 2.91. The molecular weight excluding hydrogens is 409 g/mol. The van der Waals surface area contributed by atoms with E-state index in [4.69, 9.17) is 9.26 Å². The average Bonchev–Trinajstić information content (AvgIpc) is 2.96. The second-order valence-corrected chi connectivity index (χ2v) is 4.63. The lowest BCUT2D eigenvalue weighted by Gasteiger charge is -2.09. The highest BCUT2D eigenvalue weighted by molar-refractivity contribution is 14.0. The fourth-order valence-corrected chi connectivity index (χ4v) is 1.82. The number of ether oxygens (including phenoxy) is 1. The fraction of sp³-hybridized carbons (Fsp3) is 0.400. The molecule has 2 N–H and O–H groups in total. The van der Waals surface area contributed by atoms with Crippen LogP contribution in [-0.4, -0.2) is 29.8 Å². The molecule has 0 aliphatic carbocycles. The molecule has 0 aliphatic rings. The predicted octanol–water partition coefficient (Wildman–Crippen LogP) is 2.26. The topological polar surface area (TPSA) is 84.6 Å². The normalized spacial score (nSPS) is 10.8. The number of aliphatic imine (C=N–C) groups is 1. The first kappa shape index (κ1) is 19.2. The molecule has 0 spiro atoms. The zero-order chi connectivity index (χ0) is 15.8. The standard InChI is InChI=1S/C15H21N5O2.HI/c1-4-16-15(18-10-14-19-11(2)22-20-14)17-9-12-5-7-13(21-3)8-6-12;/h5-8H,4,9-10H2,1-3H3,(H2,16,17,18);1H. The third-order valence-electron chi connectivity index (χ3n) is 2.91. The minimum absolute atomic E-state index is 0. The van der Waals surface area contributed by atoms with Crippen molar-refractivity contribution in [3.05, 3.63) is 41.5 Å². The van der Waals surface area contributed by atoms with Gasteiger partial charge in [-0.3, -0.25) is 0 Å². The van der Waals surface area contributed by atoms with E-state index < -0.39 is 0 Å². The largest absolute Gasteiger partial charge is 0.497 e. The highest BCUT2D eigenvalue weighted by Crippen LogP contribution is 2.11. The zero-order valence-electron chi connectivity index (χ0n) is 13.5.